The number of benzene rings is 2. The summed E-state index contributed by atoms with van der Waals surface area (Å²) in [5.74, 6) is -0.913. The summed E-state index contributed by atoms with van der Waals surface area (Å²) in [5.41, 5.74) is 4.31. The summed E-state index contributed by atoms with van der Waals surface area (Å²) in [6.45, 7) is 0.138. The first-order valence-corrected chi connectivity index (χ1v) is 12.1. The van der Waals surface area contributed by atoms with Gasteiger partial charge in [0.05, 0.1) is 0 Å². The number of carbonyl (C=O) groups excluding carboxylic acids is 2. The third kappa shape index (κ3) is 4.39. The molecule has 0 spiro atoms. The maximum absolute atomic E-state index is 13.0. The SMILES string of the molecule is O=C(O)CCC(NC(=O)OCC1c2ccccc2-c2ccccc21)C(=O)NC12CCCCC1C2. The van der Waals surface area contributed by atoms with Crippen LogP contribution in [0.1, 0.15) is 62.0 Å². The van der Waals surface area contributed by atoms with Crippen molar-refractivity contribution in [3.63, 3.8) is 0 Å². The van der Waals surface area contributed by atoms with Gasteiger partial charge in [0, 0.05) is 17.9 Å². The highest BCUT2D eigenvalue weighted by Gasteiger charge is 2.56. The van der Waals surface area contributed by atoms with Crippen molar-refractivity contribution in [2.45, 2.75) is 62.4 Å². The molecule has 0 aliphatic heterocycles. The van der Waals surface area contributed by atoms with Crippen molar-refractivity contribution in [2.75, 3.05) is 6.61 Å². The Bertz CT molecular complexity index is 1070. The molecule has 0 bridgehead atoms. The molecule has 5 rings (SSSR count). The summed E-state index contributed by atoms with van der Waals surface area (Å²) in [7, 11) is 0. The number of ether oxygens (including phenoxy) is 1. The molecular formula is C27H30N2O5. The van der Waals surface area contributed by atoms with Crippen molar-refractivity contribution < 1.29 is 24.2 Å². The molecule has 0 radical (unpaired) electrons. The first-order valence-electron chi connectivity index (χ1n) is 12.1. The van der Waals surface area contributed by atoms with Crippen LogP contribution in [0.25, 0.3) is 11.1 Å². The first-order chi connectivity index (χ1) is 16.5. The van der Waals surface area contributed by atoms with Crippen LogP contribution in [0.5, 0.6) is 0 Å². The number of rotatable bonds is 8. The number of fused-ring (bicyclic) bond motifs is 4. The van der Waals surface area contributed by atoms with Gasteiger partial charge in [0.25, 0.3) is 0 Å². The van der Waals surface area contributed by atoms with Gasteiger partial charge in [-0.2, -0.15) is 0 Å². The molecule has 3 aliphatic carbocycles. The summed E-state index contributed by atoms with van der Waals surface area (Å²) in [6.07, 6.45) is 4.39. The number of aliphatic carboxylic acids is 1. The Balaban J connectivity index is 1.23. The Hall–Kier alpha value is -3.35. The van der Waals surface area contributed by atoms with Crippen LogP contribution < -0.4 is 10.6 Å². The van der Waals surface area contributed by atoms with Gasteiger partial charge in [0.1, 0.15) is 12.6 Å². The summed E-state index contributed by atoms with van der Waals surface area (Å²) >= 11 is 0. The van der Waals surface area contributed by atoms with E-state index < -0.39 is 18.1 Å². The second kappa shape index (κ2) is 9.12. The Morgan fingerprint density at radius 2 is 1.71 bits per heavy atom. The molecule has 3 atom stereocenters. The van der Waals surface area contributed by atoms with Crippen LogP contribution in [0, 0.1) is 5.92 Å². The van der Waals surface area contributed by atoms with Crippen LogP contribution >= 0.6 is 0 Å². The Morgan fingerprint density at radius 1 is 1.03 bits per heavy atom. The Kier molecular flexibility index (Phi) is 6.02. The van der Waals surface area contributed by atoms with Gasteiger partial charge < -0.3 is 20.5 Å². The van der Waals surface area contributed by atoms with Crippen molar-refractivity contribution >= 4 is 18.0 Å². The molecule has 2 aromatic rings. The summed E-state index contributed by atoms with van der Waals surface area (Å²) in [5, 5.41) is 14.9. The molecular weight excluding hydrogens is 432 g/mol. The standard InChI is InChI=1S/C27H30N2O5/c30-24(31)13-12-23(25(32)29-27-14-6-5-7-17(27)15-27)28-26(33)34-16-22-20-10-3-1-8-18(20)19-9-2-4-11-21(19)22/h1-4,8-11,17,22-23H,5-7,12-16H2,(H,28,33)(H,29,32)(H,30,31). The van der Waals surface area contributed by atoms with Crippen molar-refractivity contribution in [2.24, 2.45) is 5.92 Å². The molecule has 7 nitrogen and oxygen atoms in total. The lowest BCUT2D eigenvalue weighted by Crippen LogP contribution is -2.51. The van der Waals surface area contributed by atoms with E-state index in [1.807, 2.05) is 36.4 Å². The number of nitrogens with one attached hydrogen (secondary N) is 2. The van der Waals surface area contributed by atoms with Gasteiger partial charge in [-0.1, -0.05) is 61.4 Å². The van der Waals surface area contributed by atoms with Crippen molar-refractivity contribution in [3.8, 4) is 11.1 Å². The summed E-state index contributed by atoms with van der Waals surface area (Å²) in [6, 6.07) is 15.2. The van der Waals surface area contributed by atoms with Gasteiger partial charge in [-0.15, -0.1) is 0 Å². The van der Waals surface area contributed by atoms with Crippen molar-refractivity contribution in [1.29, 1.82) is 0 Å². The number of carboxylic acid groups (broad SMARTS) is 1. The predicted octanol–water partition coefficient (Wildman–Crippen LogP) is 4.21. The lowest BCUT2D eigenvalue weighted by atomic mass is 9.95. The molecule has 0 saturated heterocycles. The summed E-state index contributed by atoms with van der Waals surface area (Å²) < 4.78 is 5.58. The van der Waals surface area contributed by atoms with E-state index in [1.54, 1.807) is 0 Å². The number of hydrogen-bond donors (Lipinski definition) is 3. The van der Waals surface area contributed by atoms with E-state index in [1.165, 1.54) is 6.42 Å². The zero-order valence-electron chi connectivity index (χ0n) is 19.1. The largest absolute Gasteiger partial charge is 0.481 e. The lowest BCUT2D eigenvalue weighted by molar-refractivity contribution is -0.137. The molecule has 3 aliphatic rings. The molecule has 2 saturated carbocycles. The fourth-order valence-corrected chi connectivity index (χ4v) is 5.76. The van der Waals surface area contributed by atoms with Gasteiger partial charge in [-0.25, -0.2) is 4.79 Å². The average Bonchev–Trinajstić information content (AvgIpc) is 3.47. The minimum Gasteiger partial charge on any atom is -0.481 e. The van der Waals surface area contributed by atoms with Crippen LogP contribution in [-0.4, -0.2) is 41.3 Å². The van der Waals surface area contributed by atoms with Crippen molar-refractivity contribution in [1.82, 2.24) is 10.6 Å². The molecule has 7 heteroatoms. The second-order valence-corrected chi connectivity index (χ2v) is 9.75. The van der Waals surface area contributed by atoms with E-state index in [2.05, 4.69) is 22.8 Å². The lowest BCUT2D eigenvalue weighted by Gasteiger charge is -2.26. The monoisotopic (exact) mass is 462 g/mol. The number of hydrogen-bond acceptors (Lipinski definition) is 4. The van der Waals surface area contributed by atoms with Gasteiger partial charge in [0.15, 0.2) is 0 Å². The third-order valence-electron chi connectivity index (χ3n) is 7.63. The quantitative estimate of drug-likeness (QED) is 0.545. The average molecular weight is 463 g/mol. The smallest absolute Gasteiger partial charge is 0.407 e. The molecule has 34 heavy (non-hydrogen) atoms. The van der Waals surface area contributed by atoms with Gasteiger partial charge in [-0.05, 0) is 53.9 Å². The van der Waals surface area contributed by atoms with Crippen LogP contribution in [0.15, 0.2) is 48.5 Å². The van der Waals surface area contributed by atoms with Gasteiger partial charge >= 0.3 is 12.1 Å². The molecule has 0 heterocycles. The Morgan fingerprint density at radius 3 is 2.35 bits per heavy atom. The number of amides is 2. The Labute approximate surface area is 198 Å². The topological polar surface area (TPSA) is 105 Å². The number of carboxylic acids is 1. The van der Waals surface area contributed by atoms with E-state index in [4.69, 9.17) is 9.84 Å². The molecule has 3 N–H and O–H groups in total. The van der Waals surface area contributed by atoms with Crippen LogP contribution in [0.2, 0.25) is 0 Å². The van der Waals surface area contributed by atoms with E-state index in [0.717, 1.165) is 47.9 Å². The maximum atomic E-state index is 13.0. The van der Waals surface area contributed by atoms with E-state index in [9.17, 15) is 14.4 Å². The van der Waals surface area contributed by atoms with Gasteiger partial charge in [-0.3, -0.25) is 9.59 Å². The minimum absolute atomic E-state index is 0.0199. The molecule has 178 valence electrons. The number of carbonyl (C=O) groups is 3. The maximum Gasteiger partial charge on any atom is 0.407 e. The predicted molar refractivity (Wildman–Crippen MR) is 126 cm³/mol. The molecule has 2 fully saturated rings. The normalized spacial score (nSPS) is 23.1. The van der Waals surface area contributed by atoms with Crippen LogP contribution in [0.4, 0.5) is 4.79 Å². The molecule has 3 unspecified atom stereocenters. The minimum atomic E-state index is -1.01. The highest BCUT2D eigenvalue weighted by atomic mass is 16.5. The molecule has 0 aromatic heterocycles. The highest BCUT2D eigenvalue weighted by molar-refractivity contribution is 5.87. The molecule has 2 aromatic carbocycles. The third-order valence-corrected chi connectivity index (χ3v) is 7.63. The molecule has 2 amide bonds. The number of alkyl carbamates (subject to hydrolysis) is 1. The van der Waals surface area contributed by atoms with Crippen LogP contribution in [0.3, 0.4) is 0 Å². The van der Waals surface area contributed by atoms with E-state index in [-0.39, 0.29) is 36.8 Å². The van der Waals surface area contributed by atoms with Crippen molar-refractivity contribution in [3.05, 3.63) is 59.7 Å². The van der Waals surface area contributed by atoms with E-state index >= 15 is 0 Å². The second-order valence-electron chi connectivity index (χ2n) is 9.75. The van der Waals surface area contributed by atoms with E-state index in [0.29, 0.717) is 5.92 Å². The first kappa shape index (κ1) is 22.4. The zero-order valence-corrected chi connectivity index (χ0v) is 19.1. The van der Waals surface area contributed by atoms with Crippen LogP contribution in [-0.2, 0) is 14.3 Å². The fourth-order valence-electron chi connectivity index (χ4n) is 5.76. The van der Waals surface area contributed by atoms with Gasteiger partial charge in [0.2, 0.25) is 5.91 Å². The fraction of sp³-hybridized carbons (Fsp3) is 0.444. The highest BCUT2D eigenvalue weighted by Crippen LogP contribution is 2.53. The zero-order chi connectivity index (χ0) is 23.7. The summed E-state index contributed by atoms with van der Waals surface area (Å²) in [4.78, 5) is 36.8.